The summed E-state index contributed by atoms with van der Waals surface area (Å²) in [6, 6.07) is 0. The van der Waals surface area contributed by atoms with Crippen LogP contribution >= 0.6 is 35.5 Å². The van der Waals surface area contributed by atoms with Crippen molar-refractivity contribution in [1.82, 2.24) is 20.2 Å². The van der Waals surface area contributed by atoms with Gasteiger partial charge in [-0.1, -0.05) is 0 Å². The van der Waals surface area contributed by atoms with Gasteiger partial charge in [0, 0.05) is 18.0 Å². The van der Waals surface area contributed by atoms with Crippen LogP contribution < -0.4 is 10.9 Å². The Balaban J connectivity index is 0.00000261. The normalized spacial score (nSPS) is 17.9. The lowest BCUT2D eigenvalue weighted by molar-refractivity contribution is -0.129. The molecule has 6 nitrogen and oxygen atoms in total. The number of hydrogen-bond acceptors (Lipinski definition) is 6. The van der Waals surface area contributed by atoms with Crippen LogP contribution in [-0.4, -0.2) is 52.7 Å². The Bertz CT molecular complexity index is 867. The number of nitrogens with zero attached hydrogens (tertiary/aromatic N) is 2. The van der Waals surface area contributed by atoms with Gasteiger partial charge in [0.2, 0.25) is 5.91 Å². The monoisotopic (exact) mass is 430 g/mol. The molecule has 0 saturated carbocycles. The summed E-state index contributed by atoms with van der Waals surface area (Å²) >= 11 is 3.08. The second-order valence-corrected chi connectivity index (χ2v) is 9.46. The number of rotatable bonds is 6. The van der Waals surface area contributed by atoms with Gasteiger partial charge >= 0.3 is 0 Å². The number of halogens is 1. The predicted octanol–water partition coefficient (Wildman–Crippen LogP) is 2.71. The molecule has 150 valence electrons. The van der Waals surface area contributed by atoms with Crippen molar-refractivity contribution in [2.75, 3.05) is 26.7 Å². The number of thioether (sulfide) groups is 1. The summed E-state index contributed by atoms with van der Waals surface area (Å²) in [7, 11) is 1.95. The zero-order valence-electron chi connectivity index (χ0n) is 16.1. The highest BCUT2D eigenvalue weighted by Crippen LogP contribution is 2.27. The number of aromatic nitrogens is 2. The average molecular weight is 431 g/mol. The van der Waals surface area contributed by atoms with Crippen LogP contribution in [0.5, 0.6) is 0 Å². The lowest BCUT2D eigenvalue weighted by atomic mass is 10.1. The van der Waals surface area contributed by atoms with E-state index in [4.69, 9.17) is 0 Å². The third-order valence-electron chi connectivity index (χ3n) is 5.00. The molecule has 2 atom stereocenters. The maximum absolute atomic E-state index is 12.6. The van der Waals surface area contributed by atoms with Crippen LogP contribution in [0, 0.1) is 19.8 Å². The van der Waals surface area contributed by atoms with Gasteiger partial charge in [0.05, 0.1) is 16.4 Å². The minimum Gasteiger partial charge on any atom is -0.341 e. The summed E-state index contributed by atoms with van der Waals surface area (Å²) < 4.78 is 0. The van der Waals surface area contributed by atoms with E-state index >= 15 is 0 Å². The van der Waals surface area contributed by atoms with Gasteiger partial charge in [-0.15, -0.1) is 35.5 Å². The fourth-order valence-corrected chi connectivity index (χ4v) is 5.27. The van der Waals surface area contributed by atoms with E-state index in [2.05, 4.69) is 15.3 Å². The molecule has 1 aliphatic heterocycles. The summed E-state index contributed by atoms with van der Waals surface area (Å²) in [5, 5.41) is 3.74. The van der Waals surface area contributed by atoms with Gasteiger partial charge in [0.25, 0.3) is 5.56 Å². The van der Waals surface area contributed by atoms with E-state index in [0.717, 1.165) is 41.3 Å². The Morgan fingerprint density at radius 3 is 2.93 bits per heavy atom. The Hall–Kier alpha value is -1.09. The van der Waals surface area contributed by atoms with Crippen molar-refractivity contribution >= 4 is 51.6 Å². The van der Waals surface area contributed by atoms with Crippen molar-refractivity contribution in [2.24, 2.45) is 5.92 Å². The minimum atomic E-state index is -0.142. The molecule has 2 aromatic heterocycles. The molecule has 0 radical (unpaired) electrons. The Morgan fingerprint density at radius 2 is 2.22 bits per heavy atom. The number of nitrogens with one attached hydrogen (secondary N) is 2. The Kier molecular flexibility index (Phi) is 7.73. The first kappa shape index (κ1) is 22.2. The first-order valence-electron chi connectivity index (χ1n) is 8.94. The van der Waals surface area contributed by atoms with E-state index in [9.17, 15) is 9.59 Å². The molecular formula is C18H27ClN4O2S2. The van der Waals surface area contributed by atoms with Crippen molar-refractivity contribution in [3.8, 4) is 0 Å². The number of hydrogen-bond donors (Lipinski definition) is 2. The largest absolute Gasteiger partial charge is 0.341 e. The number of amides is 1. The Morgan fingerprint density at radius 1 is 1.48 bits per heavy atom. The highest BCUT2D eigenvalue weighted by atomic mass is 35.5. The molecule has 9 heteroatoms. The zero-order chi connectivity index (χ0) is 18.8. The minimum absolute atomic E-state index is 0. The van der Waals surface area contributed by atoms with Crippen LogP contribution in [-0.2, 0) is 10.5 Å². The smallest absolute Gasteiger partial charge is 0.259 e. The van der Waals surface area contributed by atoms with Gasteiger partial charge in [-0.3, -0.25) is 9.59 Å². The summed E-state index contributed by atoms with van der Waals surface area (Å²) in [5.74, 6) is 1.90. The number of thiophene rings is 1. The molecule has 27 heavy (non-hydrogen) atoms. The SMILES string of the molecule is CNCC1CCN(C(=O)C(C)SCc2nc3sc(C)c(C)c3c(=O)[nH]2)C1.Cl. The highest BCUT2D eigenvalue weighted by Gasteiger charge is 2.28. The van der Waals surface area contributed by atoms with Gasteiger partial charge in [-0.25, -0.2) is 4.98 Å². The number of carbonyl (C=O) groups excluding carboxylic acids is 1. The van der Waals surface area contributed by atoms with E-state index in [1.165, 1.54) is 11.8 Å². The van der Waals surface area contributed by atoms with E-state index < -0.39 is 0 Å². The van der Waals surface area contributed by atoms with Crippen molar-refractivity contribution < 1.29 is 4.79 Å². The third-order valence-corrected chi connectivity index (χ3v) is 7.24. The van der Waals surface area contributed by atoms with E-state index in [0.29, 0.717) is 22.9 Å². The van der Waals surface area contributed by atoms with Gasteiger partial charge in [-0.05, 0) is 52.3 Å². The third kappa shape index (κ3) is 4.85. The van der Waals surface area contributed by atoms with Gasteiger partial charge in [0.15, 0.2) is 0 Å². The van der Waals surface area contributed by atoms with Crippen LogP contribution in [0.1, 0.15) is 29.6 Å². The maximum Gasteiger partial charge on any atom is 0.259 e. The second-order valence-electron chi connectivity index (χ2n) is 6.93. The molecule has 2 aromatic rings. The van der Waals surface area contributed by atoms with Crippen molar-refractivity contribution in [3.63, 3.8) is 0 Å². The lowest BCUT2D eigenvalue weighted by Crippen LogP contribution is -2.35. The van der Waals surface area contributed by atoms with Gasteiger partial charge in [-0.2, -0.15) is 0 Å². The summed E-state index contributed by atoms with van der Waals surface area (Å²) in [4.78, 5) is 36.3. The summed E-state index contributed by atoms with van der Waals surface area (Å²) in [6.07, 6.45) is 1.06. The average Bonchev–Trinajstić information content (AvgIpc) is 3.17. The van der Waals surface area contributed by atoms with Gasteiger partial charge < -0.3 is 15.2 Å². The molecular weight excluding hydrogens is 404 g/mol. The molecule has 3 heterocycles. The molecule has 1 amide bonds. The van der Waals surface area contributed by atoms with Crippen LogP contribution in [0.25, 0.3) is 10.2 Å². The number of aryl methyl sites for hydroxylation is 2. The highest BCUT2D eigenvalue weighted by molar-refractivity contribution is 7.99. The van der Waals surface area contributed by atoms with Crippen LogP contribution in [0.2, 0.25) is 0 Å². The number of fused-ring (bicyclic) bond motifs is 1. The molecule has 0 spiro atoms. The maximum atomic E-state index is 12.6. The number of H-pyrrole nitrogens is 1. The van der Waals surface area contributed by atoms with E-state index in [1.807, 2.05) is 32.7 Å². The molecule has 2 N–H and O–H groups in total. The molecule has 0 aliphatic carbocycles. The lowest BCUT2D eigenvalue weighted by Gasteiger charge is -2.20. The topological polar surface area (TPSA) is 78.1 Å². The van der Waals surface area contributed by atoms with Crippen LogP contribution in [0.4, 0.5) is 0 Å². The van der Waals surface area contributed by atoms with Gasteiger partial charge in [0.1, 0.15) is 10.7 Å². The summed E-state index contributed by atoms with van der Waals surface area (Å²) in [6.45, 7) is 8.53. The number of aromatic amines is 1. The molecule has 1 fully saturated rings. The fraction of sp³-hybridized carbons (Fsp3) is 0.611. The zero-order valence-corrected chi connectivity index (χ0v) is 18.6. The van der Waals surface area contributed by atoms with Crippen molar-refractivity contribution in [1.29, 1.82) is 0 Å². The number of likely N-dealkylation sites (tertiary alicyclic amines) is 1. The molecule has 1 aliphatic rings. The van der Waals surface area contributed by atoms with Crippen LogP contribution in [0.3, 0.4) is 0 Å². The molecule has 0 aromatic carbocycles. The standard InChI is InChI=1S/C18H26N4O2S2.ClH/c1-10-11(2)26-17-15(10)16(23)20-14(21-17)9-25-12(3)18(24)22-6-5-13(8-22)7-19-4;/h12-13,19H,5-9H2,1-4H3,(H,20,21,23);1H. The Labute approximate surface area is 173 Å². The summed E-state index contributed by atoms with van der Waals surface area (Å²) in [5.41, 5.74) is 0.924. The van der Waals surface area contributed by atoms with Crippen molar-refractivity contribution in [3.05, 3.63) is 26.6 Å². The van der Waals surface area contributed by atoms with Crippen LogP contribution in [0.15, 0.2) is 4.79 Å². The first-order chi connectivity index (χ1) is 12.4. The second kappa shape index (κ2) is 9.41. The molecule has 1 saturated heterocycles. The molecule has 2 unspecified atom stereocenters. The fourth-order valence-electron chi connectivity index (χ4n) is 3.39. The molecule has 3 rings (SSSR count). The first-order valence-corrected chi connectivity index (χ1v) is 10.8. The predicted molar refractivity (Wildman–Crippen MR) is 116 cm³/mol. The van der Waals surface area contributed by atoms with E-state index in [1.54, 1.807) is 11.3 Å². The van der Waals surface area contributed by atoms with E-state index in [-0.39, 0.29) is 29.1 Å². The quantitative estimate of drug-likeness (QED) is 0.736. The van der Waals surface area contributed by atoms with Crippen molar-refractivity contribution in [2.45, 2.75) is 38.2 Å². The number of carbonyl (C=O) groups is 1. The molecule has 0 bridgehead atoms.